The van der Waals surface area contributed by atoms with Gasteiger partial charge in [0, 0.05) is 18.7 Å². The lowest BCUT2D eigenvalue weighted by Gasteiger charge is -2.29. The van der Waals surface area contributed by atoms with Crippen molar-refractivity contribution in [3.63, 3.8) is 0 Å². The van der Waals surface area contributed by atoms with Crippen LogP contribution in [0, 0.1) is 5.41 Å². The van der Waals surface area contributed by atoms with E-state index in [-0.39, 0.29) is 17.2 Å². The largest absolute Gasteiger partial charge is 0.495 e. The standard InChI is InChI=1S/C18H27N3O3/c1-18(2,3)16(19)17(23)20-12-8-9-14(24-4)13(11-12)21-10-6-5-7-15(21)22/h8-9,11,16H,5-7,10,19H2,1-4H3,(H,20,23)/t16-/m1/s1. The van der Waals surface area contributed by atoms with Crippen molar-refractivity contribution in [1.29, 1.82) is 0 Å². The summed E-state index contributed by atoms with van der Waals surface area (Å²) in [7, 11) is 1.57. The Labute approximate surface area is 143 Å². The number of piperidine rings is 1. The highest BCUT2D eigenvalue weighted by Gasteiger charge is 2.28. The summed E-state index contributed by atoms with van der Waals surface area (Å²) in [6.07, 6.45) is 2.41. The number of methoxy groups -OCH3 is 1. The van der Waals surface area contributed by atoms with Gasteiger partial charge in [0.15, 0.2) is 0 Å². The molecule has 3 N–H and O–H groups in total. The number of amides is 2. The lowest BCUT2D eigenvalue weighted by molar-refractivity contribution is -0.120. The zero-order chi connectivity index (χ0) is 17.9. The highest BCUT2D eigenvalue weighted by atomic mass is 16.5. The lowest BCUT2D eigenvalue weighted by atomic mass is 9.87. The molecule has 1 aromatic rings. The molecule has 24 heavy (non-hydrogen) atoms. The number of ether oxygens (including phenoxy) is 1. The highest BCUT2D eigenvalue weighted by Crippen LogP contribution is 2.33. The van der Waals surface area contributed by atoms with Crippen molar-refractivity contribution < 1.29 is 14.3 Å². The van der Waals surface area contributed by atoms with Crippen LogP contribution in [-0.2, 0) is 9.59 Å². The molecule has 0 unspecified atom stereocenters. The van der Waals surface area contributed by atoms with E-state index in [0.717, 1.165) is 12.8 Å². The molecule has 1 aliphatic rings. The first-order valence-electron chi connectivity index (χ1n) is 8.29. The number of nitrogens with zero attached hydrogens (tertiary/aromatic N) is 1. The van der Waals surface area contributed by atoms with Crippen molar-refractivity contribution in [2.24, 2.45) is 11.1 Å². The quantitative estimate of drug-likeness (QED) is 0.887. The number of carbonyl (C=O) groups excluding carboxylic acids is 2. The first-order valence-corrected chi connectivity index (χ1v) is 8.29. The molecule has 0 bridgehead atoms. The summed E-state index contributed by atoms with van der Waals surface area (Å²) in [6.45, 7) is 6.42. The molecule has 6 nitrogen and oxygen atoms in total. The van der Waals surface area contributed by atoms with Crippen molar-refractivity contribution in [2.45, 2.75) is 46.1 Å². The molecule has 0 aliphatic carbocycles. The molecule has 1 aliphatic heterocycles. The second kappa shape index (κ2) is 7.21. The molecule has 1 heterocycles. The van der Waals surface area contributed by atoms with Gasteiger partial charge >= 0.3 is 0 Å². The van der Waals surface area contributed by atoms with Gasteiger partial charge in [-0.15, -0.1) is 0 Å². The van der Waals surface area contributed by atoms with Gasteiger partial charge in [0.1, 0.15) is 5.75 Å². The molecular formula is C18H27N3O3. The van der Waals surface area contributed by atoms with Crippen molar-refractivity contribution in [2.75, 3.05) is 23.9 Å². The van der Waals surface area contributed by atoms with Gasteiger partial charge < -0.3 is 20.7 Å². The van der Waals surface area contributed by atoms with Crippen LogP contribution < -0.4 is 20.7 Å². The monoisotopic (exact) mass is 333 g/mol. The number of hydrogen-bond donors (Lipinski definition) is 2. The first-order chi connectivity index (χ1) is 11.2. The summed E-state index contributed by atoms with van der Waals surface area (Å²) in [5.41, 5.74) is 6.96. The number of anilines is 2. The molecule has 2 amide bonds. The number of benzene rings is 1. The SMILES string of the molecule is COc1ccc(NC(=O)[C@@H](N)C(C)(C)C)cc1N1CCCCC1=O. The maximum atomic E-state index is 12.3. The van der Waals surface area contributed by atoms with E-state index in [4.69, 9.17) is 10.5 Å². The number of rotatable bonds is 4. The van der Waals surface area contributed by atoms with Gasteiger partial charge in [0.05, 0.1) is 18.8 Å². The predicted octanol–water partition coefficient (Wildman–Crippen LogP) is 2.52. The molecule has 0 radical (unpaired) electrons. The molecule has 0 saturated carbocycles. The average Bonchev–Trinajstić information content (AvgIpc) is 2.53. The summed E-state index contributed by atoms with van der Waals surface area (Å²) in [6, 6.07) is 4.66. The van der Waals surface area contributed by atoms with Crippen LogP contribution in [0.15, 0.2) is 18.2 Å². The minimum absolute atomic E-state index is 0.0782. The van der Waals surface area contributed by atoms with Crippen LogP contribution >= 0.6 is 0 Å². The third-order valence-corrected chi connectivity index (χ3v) is 4.28. The summed E-state index contributed by atoms with van der Waals surface area (Å²) >= 11 is 0. The Bertz CT molecular complexity index is 622. The Kier molecular flexibility index (Phi) is 5.49. The van der Waals surface area contributed by atoms with Crippen molar-refractivity contribution in [3.05, 3.63) is 18.2 Å². The summed E-state index contributed by atoms with van der Waals surface area (Å²) < 4.78 is 5.38. The molecule has 132 valence electrons. The van der Waals surface area contributed by atoms with Crippen LogP contribution in [0.2, 0.25) is 0 Å². The first kappa shape index (κ1) is 18.3. The van der Waals surface area contributed by atoms with E-state index in [9.17, 15) is 9.59 Å². The number of nitrogens with one attached hydrogen (secondary N) is 1. The van der Waals surface area contributed by atoms with Crippen LogP contribution in [-0.4, -0.2) is 31.5 Å². The molecule has 1 atom stereocenters. The smallest absolute Gasteiger partial charge is 0.241 e. The second-order valence-electron chi connectivity index (χ2n) is 7.22. The van der Waals surface area contributed by atoms with E-state index in [2.05, 4.69) is 5.32 Å². The zero-order valence-corrected chi connectivity index (χ0v) is 14.9. The minimum atomic E-state index is -0.625. The average molecular weight is 333 g/mol. The minimum Gasteiger partial charge on any atom is -0.495 e. The Balaban J connectivity index is 2.25. The second-order valence-corrected chi connectivity index (χ2v) is 7.22. The van der Waals surface area contributed by atoms with Gasteiger partial charge in [-0.2, -0.15) is 0 Å². The Morgan fingerprint density at radius 2 is 2.04 bits per heavy atom. The van der Waals surface area contributed by atoms with E-state index < -0.39 is 6.04 Å². The van der Waals surface area contributed by atoms with Crippen LogP contribution in [0.3, 0.4) is 0 Å². The fourth-order valence-corrected chi connectivity index (χ4v) is 2.65. The van der Waals surface area contributed by atoms with Crippen molar-refractivity contribution in [1.82, 2.24) is 0 Å². The molecule has 1 saturated heterocycles. The Morgan fingerprint density at radius 1 is 1.33 bits per heavy atom. The summed E-state index contributed by atoms with van der Waals surface area (Å²) in [5, 5.41) is 2.84. The van der Waals surface area contributed by atoms with Gasteiger partial charge in [0.2, 0.25) is 11.8 Å². The fraction of sp³-hybridized carbons (Fsp3) is 0.556. The molecule has 2 rings (SSSR count). The third-order valence-electron chi connectivity index (χ3n) is 4.28. The van der Waals surface area contributed by atoms with Gasteiger partial charge in [0.25, 0.3) is 0 Å². The van der Waals surface area contributed by atoms with Gasteiger partial charge in [-0.3, -0.25) is 9.59 Å². The maximum Gasteiger partial charge on any atom is 0.241 e. The maximum absolute atomic E-state index is 12.3. The predicted molar refractivity (Wildman–Crippen MR) is 95.3 cm³/mol. The highest BCUT2D eigenvalue weighted by molar-refractivity contribution is 5.99. The number of hydrogen-bond acceptors (Lipinski definition) is 4. The summed E-state index contributed by atoms with van der Waals surface area (Å²) in [4.78, 5) is 26.2. The molecule has 1 fully saturated rings. The molecule has 0 aromatic heterocycles. The lowest BCUT2D eigenvalue weighted by Crippen LogP contribution is -2.45. The van der Waals surface area contributed by atoms with E-state index in [0.29, 0.717) is 30.1 Å². The van der Waals surface area contributed by atoms with Crippen molar-refractivity contribution in [3.8, 4) is 5.75 Å². The number of nitrogens with two attached hydrogens (primary N) is 1. The van der Waals surface area contributed by atoms with Gasteiger partial charge in [-0.1, -0.05) is 20.8 Å². The Hall–Kier alpha value is -2.08. The van der Waals surface area contributed by atoms with Crippen LogP contribution in [0.5, 0.6) is 5.75 Å². The van der Waals surface area contributed by atoms with E-state index in [1.807, 2.05) is 20.8 Å². The Morgan fingerprint density at radius 3 is 2.62 bits per heavy atom. The normalized spacial score (nSPS) is 16.7. The van der Waals surface area contributed by atoms with E-state index in [1.54, 1.807) is 30.2 Å². The molecule has 6 heteroatoms. The van der Waals surface area contributed by atoms with Gasteiger partial charge in [-0.05, 0) is 36.5 Å². The molecule has 0 spiro atoms. The van der Waals surface area contributed by atoms with Crippen LogP contribution in [0.4, 0.5) is 11.4 Å². The fourth-order valence-electron chi connectivity index (χ4n) is 2.65. The number of carbonyl (C=O) groups is 2. The zero-order valence-electron chi connectivity index (χ0n) is 14.9. The van der Waals surface area contributed by atoms with Crippen molar-refractivity contribution >= 4 is 23.2 Å². The van der Waals surface area contributed by atoms with E-state index in [1.165, 1.54) is 0 Å². The molecule has 1 aromatic carbocycles. The molecular weight excluding hydrogens is 306 g/mol. The van der Waals surface area contributed by atoms with Crippen LogP contribution in [0.1, 0.15) is 40.0 Å². The van der Waals surface area contributed by atoms with E-state index >= 15 is 0 Å². The third kappa shape index (κ3) is 4.06. The van der Waals surface area contributed by atoms with Gasteiger partial charge in [-0.25, -0.2) is 0 Å². The summed E-state index contributed by atoms with van der Waals surface area (Å²) in [5.74, 6) is 0.446. The van der Waals surface area contributed by atoms with Crippen LogP contribution in [0.25, 0.3) is 0 Å². The topological polar surface area (TPSA) is 84.7 Å².